The molecule has 2 atom stereocenters. The predicted octanol–water partition coefficient (Wildman–Crippen LogP) is 2.27. The zero-order valence-corrected chi connectivity index (χ0v) is 12.0. The summed E-state index contributed by atoms with van der Waals surface area (Å²) in [4.78, 5) is 22.8. The van der Waals surface area contributed by atoms with Gasteiger partial charge in [-0.15, -0.1) is 0 Å². The second-order valence-corrected chi connectivity index (χ2v) is 5.87. The molecule has 0 saturated heterocycles. The highest BCUT2D eigenvalue weighted by atomic mass is 16.6. The van der Waals surface area contributed by atoms with Crippen LogP contribution < -0.4 is 5.32 Å². The van der Waals surface area contributed by atoms with Crippen molar-refractivity contribution in [2.45, 2.75) is 38.1 Å². The third kappa shape index (κ3) is 3.39. The number of nitrogens with zero attached hydrogens (tertiary/aromatic N) is 1. The van der Waals surface area contributed by atoms with E-state index in [4.69, 9.17) is 0 Å². The fraction of sp³-hybridized carbons (Fsp3) is 0.533. The summed E-state index contributed by atoms with van der Waals surface area (Å²) in [6.45, 7) is 1.93. The Kier molecular flexibility index (Phi) is 4.57. The number of hydrogen-bond acceptors (Lipinski definition) is 4. The summed E-state index contributed by atoms with van der Waals surface area (Å²) in [6, 6.07) is 5.87. The number of amides is 1. The molecule has 1 aromatic carbocycles. The Morgan fingerprint density at radius 3 is 2.86 bits per heavy atom. The molecule has 0 spiro atoms. The summed E-state index contributed by atoms with van der Waals surface area (Å²) < 4.78 is 0. The number of nitro groups is 1. The molecule has 2 rings (SSSR count). The van der Waals surface area contributed by atoms with E-state index >= 15 is 0 Å². The van der Waals surface area contributed by atoms with Crippen LogP contribution in [0, 0.1) is 16.0 Å². The Hall–Kier alpha value is -1.95. The van der Waals surface area contributed by atoms with Gasteiger partial charge >= 0.3 is 0 Å². The van der Waals surface area contributed by atoms with Gasteiger partial charge in [-0.3, -0.25) is 14.9 Å². The van der Waals surface area contributed by atoms with Gasteiger partial charge < -0.3 is 10.4 Å². The van der Waals surface area contributed by atoms with Gasteiger partial charge in [-0.2, -0.15) is 0 Å². The normalized spacial score (nSPS) is 25.3. The molecule has 1 aromatic rings. The number of para-hydroxylation sites is 1. The number of carbonyl (C=O) groups excluding carboxylic acids is 1. The molecule has 1 fully saturated rings. The topological polar surface area (TPSA) is 92.5 Å². The molecule has 1 amide bonds. The van der Waals surface area contributed by atoms with Crippen LogP contribution in [-0.4, -0.2) is 28.1 Å². The molecule has 21 heavy (non-hydrogen) atoms. The van der Waals surface area contributed by atoms with E-state index in [-0.39, 0.29) is 17.9 Å². The van der Waals surface area contributed by atoms with E-state index < -0.39 is 16.4 Å². The summed E-state index contributed by atoms with van der Waals surface area (Å²) in [5.41, 5.74) is -0.848. The highest BCUT2D eigenvalue weighted by molar-refractivity contribution is 5.98. The minimum Gasteiger partial charge on any atom is -0.394 e. The van der Waals surface area contributed by atoms with Gasteiger partial charge in [0.15, 0.2) is 0 Å². The Labute approximate surface area is 123 Å². The molecule has 0 heterocycles. The lowest BCUT2D eigenvalue weighted by Gasteiger charge is -2.39. The number of aliphatic hydroxyl groups excluding tert-OH is 1. The van der Waals surface area contributed by atoms with Crippen molar-refractivity contribution in [2.24, 2.45) is 5.92 Å². The average molecular weight is 292 g/mol. The molecule has 1 saturated carbocycles. The molecule has 1 aliphatic carbocycles. The van der Waals surface area contributed by atoms with E-state index in [1.54, 1.807) is 6.07 Å². The maximum absolute atomic E-state index is 12.4. The first-order valence-electron chi connectivity index (χ1n) is 7.14. The first-order chi connectivity index (χ1) is 9.97. The molecule has 0 radical (unpaired) electrons. The van der Waals surface area contributed by atoms with Crippen molar-refractivity contribution >= 4 is 11.6 Å². The largest absolute Gasteiger partial charge is 0.394 e. The van der Waals surface area contributed by atoms with Crippen molar-refractivity contribution in [1.82, 2.24) is 5.32 Å². The van der Waals surface area contributed by atoms with Crippen LogP contribution >= 0.6 is 0 Å². The van der Waals surface area contributed by atoms with Crippen molar-refractivity contribution in [2.75, 3.05) is 6.61 Å². The number of nitro benzene ring substituents is 1. The van der Waals surface area contributed by atoms with E-state index in [0.29, 0.717) is 18.8 Å². The van der Waals surface area contributed by atoms with Crippen LogP contribution in [0.5, 0.6) is 0 Å². The Balaban J connectivity index is 2.22. The van der Waals surface area contributed by atoms with Gasteiger partial charge in [0.05, 0.1) is 17.1 Å². The average Bonchev–Trinajstić information content (AvgIpc) is 2.47. The van der Waals surface area contributed by atoms with Gasteiger partial charge in [-0.05, 0) is 24.8 Å². The lowest BCUT2D eigenvalue weighted by molar-refractivity contribution is -0.385. The minimum absolute atomic E-state index is 0.0357. The maximum atomic E-state index is 12.4. The van der Waals surface area contributed by atoms with Gasteiger partial charge in [-0.25, -0.2) is 0 Å². The fourth-order valence-electron chi connectivity index (χ4n) is 3.09. The SMILES string of the molecule is CC1CCCC(CO)(NC(=O)c2ccccc2[N+](=O)[O-])C1. The van der Waals surface area contributed by atoms with Crippen LogP contribution in [0.25, 0.3) is 0 Å². The number of nitrogens with one attached hydrogen (secondary N) is 1. The lowest BCUT2D eigenvalue weighted by Crippen LogP contribution is -2.53. The van der Waals surface area contributed by atoms with Gasteiger partial charge in [0, 0.05) is 6.07 Å². The number of rotatable bonds is 4. The predicted molar refractivity (Wildman–Crippen MR) is 78.0 cm³/mol. The maximum Gasteiger partial charge on any atom is 0.282 e. The quantitative estimate of drug-likeness (QED) is 0.657. The standard InChI is InChI=1S/C15H20N2O4/c1-11-5-4-8-15(9-11,10-18)16-14(19)12-6-2-3-7-13(12)17(20)21/h2-3,6-7,11,18H,4-5,8-10H2,1H3,(H,16,19). The van der Waals surface area contributed by atoms with Crippen molar-refractivity contribution < 1.29 is 14.8 Å². The van der Waals surface area contributed by atoms with Crippen molar-refractivity contribution in [3.05, 3.63) is 39.9 Å². The van der Waals surface area contributed by atoms with Crippen LogP contribution in [0.3, 0.4) is 0 Å². The smallest absolute Gasteiger partial charge is 0.282 e. The summed E-state index contributed by atoms with van der Waals surface area (Å²) in [6.07, 6.45) is 3.39. The third-order valence-electron chi connectivity index (χ3n) is 4.12. The Bertz CT molecular complexity index is 546. The van der Waals surface area contributed by atoms with E-state index in [0.717, 1.165) is 12.8 Å². The lowest BCUT2D eigenvalue weighted by atomic mass is 9.76. The zero-order chi connectivity index (χ0) is 15.5. The number of aliphatic hydroxyl groups is 1. The minimum atomic E-state index is -0.668. The van der Waals surface area contributed by atoms with Gasteiger partial charge in [-0.1, -0.05) is 31.9 Å². The van der Waals surface area contributed by atoms with Gasteiger partial charge in [0.1, 0.15) is 5.56 Å². The monoisotopic (exact) mass is 292 g/mol. The van der Waals surface area contributed by atoms with Gasteiger partial charge in [0.25, 0.3) is 11.6 Å². The molecule has 2 N–H and O–H groups in total. The molecule has 6 heteroatoms. The van der Waals surface area contributed by atoms with Crippen LogP contribution in [0.15, 0.2) is 24.3 Å². The highest BCUT2D eigenvalue weighted by Gasteiger charge is 2.37. The Morgan fingerprint density at radius 2 is 2.24 bits per heavy atom. The Morgan fingerprint density at radius 1 is 1.52 bits per heavy atom. The molecular weight excluding hydrogens is 272 g/mol. The molecule has 0 bridgehead atoms. The number of carbonyl (C=O) groups is 1. The van der Waals surface area contributed by atoms with Crippen LogP contribution in [-0.2, 0) is 0 Å². The van der Waals surface area contributed by atoms with Crippen molar-refractivity contribution in [3.63, 3.8) is 0 Å². The molecule has 6 nitrogen and oxygen atoms in total. The molecule has 2 unspecified atom stereocenters. The van der Waals surface area contributed by atoms with E-state index in [1.165, 1.54) is 18.2 Å². The fourth-order valence-corrected chi connectivity index (χ4v) is 3.09. The summed E-state index contributed by atoms with van der Waals surface area (Å²) in [5, 5.41) is 23.5. The highest BCUT2D eigenvalue weighted by Crippen LogP contribution is 2.32. The van der Waals surface area contributed by atoms with Gasteiger partial charge in [0.2, 0.25) is 0 Å². The summed E-state index contributed by atoms with van der Waals surface area (Å²) in [7, 11) is 0. The van der Waals surface area contributed by atoms with Crippen molar-refractivity contribution in [1.29, 1.82) is 0 Å². The second kappa shape index (κ2) is 6.22. The molecule has 0 aromatic heterocycles. The van der Waals surface area contributed by atoms with E-state index in [2.05, 4.69) is 12.2 Å². The first kappa shape index (κ1) is 15.4. The van der Waals surface area contributed by atoms with Crippen LogP contribution in [0.1, 0.15) is 43.0 Å². The number of hydrogen-bond donors (Lipinski definition) is 2. The first-order valence-corrected chi connectivity index (χ1v) is 7.14. The zero-order valence-electron chi connectivity index (χ0n) is 12.0. The molecule has 114 valence electrons. The van der Waals surface area contributed by atoms with Crippen molar-refractivity contribution in [3.8, 4) is 0 Å². The van der Waals surface area contributed by atoms with Crippen LogP contribution in [0.4, 0.5) is 5.69 Å². The van der Waals surface area contributed by atoms with E-state index in [1.807, 2.05) is 0 Å². The molecular formula is C15H20N2O4. The molecule has 1 aliphatic rings. The van der Waals surface area contributed by atoms with Crippen LogP contribution in [0.2, 0.25) is 0 Å². The van der Waals surface area contributed by atoms with E-state index in [9.17, 15) is 20.0 Å². The molecule has 0 aliphatic heterocycles. The summed E-state index contributed by atoms with van der Waals surface area (Å²) >= 11 is 0. The summed E-state index contributed by atoms with van der Waals surface area (Å²) in [5.74, 6) is -0.0811. The third-order valence-corrected chi connectivity index (χ3v) is 4.12. The number of benzene rings is 1. The second-order valence-electron chi connectivity index (χ2n) is 5.87.